The number of benzene rings is 2. The average molecular weight is 453 g/mol. The summed E-state index contributed by atoms with van der Waals surface area (Å²) in [7, 11) is 3.47. The second-order valence-corrected chi connectivity index (χ2v) is 5.88. The van der Waals surface area contributed by atoms with Crippen molar-refractivity contribution >= 4 is 29.9 Å². The number of aliphatic imine (C=N–C) groups is 1. The molecule has 2 aromatic rings. The van der Waals surface area contributed by atoms with E-state index in [0.29, 0.717) is 0 Å². The predicted octanol–water partition coefficient (Wildman–Crippen LogP) is 3.84. The highest BCUT2D eigenvalue weighted by atomic mass is 127. The highest BCUT2D eigenvalue weighted by molar-refractivity contribution is 14.0. The number of hydrogen-bond acceptors (Lipinski definition) is 2. The molecule has 136 valence electrons. The summed E-state index contributed by atoms with van der Waals surface area (Å²) in [6, 6.07) is 14.6. The lowest BCUT2D eigenvalue weighted by Gasteiger charge is -2.13. The quantitative estimate of drug-likeness (QED) is 0.397. The molecule has 2 N–H and O–H groups in total. The predicted molar refractivity (Wildman–Crippen MR) is 116 cm³/mol. The smallest absolute Gasteiger partial charge is 0.191 e. The largest absolute Gasteiger partial charge is 0.497 e. The molecule has 0 spiro atoms. The summed E-state index contributed by atoms with van der Waals surface area (Å²) in [5.74, 6) is 1.69. The standard InChI is InChI=1S/C20H27N3O.HI/c1-15-5-8-18(16(2)13-15)11-12-22-20(21-3)23-14-17-6-9-19(24-4)10-7-17;/h5-10,13H,11-12,14H2,1-4H3,(H2,21,22,23);1H. The van der Waals surface area contributed by atoms with E-state index in [4.69, 9.17) is 4.74 Å². The van der Waals surface area contributed by atoms with Crippen molar-refractivity contribution in [1.29, 1.82) is 0 Å². The van der Waals surface area contributed by atoms with E-state index in [1.165, 1.54) is 22.3 Å². The SMILES string of the molecule is CN=C(NCCc1ccc(C)cc1C)NCc1ccc(OC)cc1.I. The van der Waals surface area contributed by atoms with E-state index in [2.05, 4.69) is 59.8 Å². The number of ether oxygens (including phenoxy) is 1. The highest BCUT2D eigenvalue weighted by Crippen LogP contribution is 2.11. The molecule has 0 aliphatic carbocycles. The Morgan fingerprint density at radius 3 is 2.36 bits per heavy atom. The van der Waals surface area contributed by atoms with Crippen molar-refractivity contribution in [1.82, 2.24) is 10.6 Å². The third-order valence-corrected chi connectivity index (χ3v) is 4.03. The van der Waals surface area contributed by atoms with Gasteiger partial charge in [0.2, 0.25) is 0 Å². The Balaban J connectivity index is 0.00000312. The van der Waals surface area contributed by atoms with Gasteiger partial charge < -0.3 is 15.4 Å². The first-order valence-corrected chi connectivity index (χ1v) is 8.26. The highest BCUT2D eigenvalue weighted by Gasteiger charge is 2.01. The van der Waals surface area contributed by atoms with Crippen LogP contribution in [0.15, 0.2) is 47.5 Å². The number of aryl methyl sites for hydroxylation is 2. The second kappa shape index (κ2) is 11.0. The fourth-order valence-electron chi connectivity index (χ4n) is 2.59. The summed E-state index contributed by atoms with van der Waals surface area (Å²) in [5.41, 5.74) is 5.21. The molecule has 25 heavy (non-hydrogen) atoms. The van der Waals surface area contributed by atoms with Crippen molar-refractivity contribution in [3.8, 4) is 5.75 Å². The van der Waals surface area contributed by atoms with Gasteiger partial charge in [-0.2, -0.15) is 0 Å². The molecule has 0 aliphatic rings. The Bertz CT molecular complexity index is 684. The van der Waals surface area contributed by atoms with Gasteiger partial charge in [0.25, 0.3) is 0 Å². The second-order valence-electron chi connectivity index (χ2n) is 5.88. The van der Waals surface area contributed by atoms with Crippen molar-refractivity contribution in [3.63, 3.8) is 0 Å². The zero-order valence-corrected chi connectivity index (χ0v) is 17.8. The van der Waals surface area contributed by atoms with Gasteiger partial charge >= 0.3 is 0 Å². The van der Waals surface area contributed by atoms with E-state index in [0.717, 1.165) is 31.2 Å². The van der Waals surface area contributed by atoms with E-state index in [-0.39, 0.29) is 24.0 Å². The number of guanidine groups is 1. The van der Waals surface area contributed by atoms with E-state index in [9.17, 15) is 0 Å². The van der Waals surface area contributed by atoms with Crippen LogP contribution in [-0.4, -0.2) is 26.7 Å². The van der Waals surface area contributed by atoms with Gasteiger partial charge in [0.15, 0.2) is 5.96 Å². The summed E-state index contributed by atoms with van der Waals surface area (Å²) in [5, 5.41) is 6.70. The van der Waals surface area contributed by atoms with Crippen molar-refractivity contribution in [2.24, 2.45) is 4.99 Å². The molecule has 0 heterocycles. The van der Waals surface area contributed by atoms with Crippen molar-refractivity contribution < 1.29 is 4.74 Å². The Labute approximate surface area is 168 Å². The molecular formula is C20H28IN3O. The summed E-state index contributed by atoms with van der Waals surface area (Å²) in [4.78, 5) is 4.27. The first-order valence-electron chi connectivity index (χ1n) is 8.26. The molecule has 5 heteroatoms. The number of methoxy groups -OCH3 is 1. The molecule has 2 aromatic carbocycles. The molecule has 0 atom stereocenters. The molecule has 4 nitrogen and oxygen atoms in total. The summed E-state index contributed by atoms with van der Waals surface area (Å²) >= 11 is 0. The summed E-state index contributed by atoms with van der Waals surface area (Å²) in [6.07, 6.45) is 0.981. The van der Waals surface area contributed by atoms with Crippen LogP contribution in [0.4, 0.5) is 0 Å². The molecule has 0 unspecified atom stereocenters. The maximum absolute atomic E-state index is 5.17. The van der Waals surface area contributed by atoms with Gasteiger partial charge in [0.1, 0.15) is 5.75 Å². The Morgan fingerprint density at radius 1 is 1.04 bits per heavy atom. The van der Waals surface area contributed by atoms with Gasteiger partial charge in [-0.25, -0.2) is 0 Å². The van der Waals surface area contributed by atoms with Crippen LogP contribution in [0.3, 0.4) is 0 Å². The molecular weight excluding hydrogens is 425 g/mol. The van der Waals surface area contributed by atoms with Gasteiger partial charge in [-0.3, -0.25) is 4.99 Å². The van der Waals surface area contributed by atoms with Gasteiger partial charge in [-0.15, -0.1) is 24.0 Å². The first kappa shape index (κ1) is 21.3. The topological polar surface area (TPSA) is 45.7 Å². The number of rotatable bonds is 6. The Hall–Kier alpha value is -1.76. The van der Waals surface area contributed by atoms with Crippen LogP contribution < -0.4 is 15.4 Å². The van der Waals surface area contributed by atoms with E-state index in [1.807, 2.05) is 12.1 Å². The minimum Gasteiger partial charge on any atom is -0.497 e. The third kappa shape index (κ3) is 6.94. The van der Waals surface area contributed by atoms with Crippen molar-refractivity contribution in [3.05, 3.63) is 64.7 Å². The first-order chi connectivity index (χ1) is 11.6. The monoisotopic (exact) mass is 453 g/mol. The molecule has 0 amide bonds. The molecule has 0 fully saturated rings. The molecule has 0 aliphatic heterocycles. The van der Waals surface area contributed by atoms with E-state index < -0.39 is 0 Å². The van der Waals surface area contributed by atoms with Crippen LogP contribution in [0.25, 0.3) is 0 Å². The van der Waals surface area contributed by atoms with E-state index >= 15 is 0 Å². The Kier molecular flexibility index (Phi) is 9.34. The maximum Gasteiger partial charge on any atom is 0.191 e. The van der Waals surface area contributed by atoms with Crippen LogP contribution in [0.5, 0.6) is 5.75 Å². The van der Waals surface area contributed by atoms with Crippen LogP contribution in [-0.2, 0) is 13.0 Å². The van der Waals surface area contributed by atoms with Crippen LogP contribution >= 0.6 is 24.0 Å². The molecule has 0 bridgehead atoms. The van der Waals surface area contributed by atoms with Crippen molar-refractivity contribution in [2.75, 3.05) is 20.7 Å². The molecule has 0 saturated carbocycles. The van der Waals surface area contributed by atoms with Crippen LogP contribution in [0.1, 0.15) is 22.3 Å². The number of halogens is 1. The molecule has 0 aromatic heterocycles. The van der Waals surface area contributed by atoms with Gasteiger partial charge in [-0.1, -0.05) is 35.9 Å². The summed E-state index contributed by atoms with van der Waals surface area (Å²) in [6.45, 7) is 5.87. The average Bonchev–Trinajstić information content (AvgIpc) is 2.60. The molecule has 0 saturated heterocycles. The fourth-order valence-corrected chi connectivity index (χ4v) is 2.59. The minimum absolute atomic E-state index is 0. The normalized spacial score (nSPS) is 10.8. The summed E-state index contributed by atoms with van der Waals surface area (Å²) < 4.78 is 5.17. The number of nitrogens with zero attached hydrogens (tertiary/aromatic N) is 1. The number of nitrogens with one attached hydrogen (secondary N) is 2. The lowest BCUT2D eigenvalue weighted by atomic mass is 10.0. The molecule has 0 radical (unpaired) electrons. The third-order valence-electron chi connectivity index (χ3n) is 4.03. The number of hydrogen-bond donors (Lipinski definition) is 2. The minimum atomic E-state index is 0. The fraction of sp³-hybridized carbons (Fsp3) is 0.350. The lowest BCUT2D eigenvalue weighted by Crippen LogP contribution is -2.37. The Morgan fingerprint density at radius 2 is 1.76 bits per heavy atom. The zero-order chi connectivity index (χ0) is 17.4. The lowest BCUT2D eigenvalue weighted by molar-refractivity contribution is 0.414. The van der Waals surface area contributed by atoms with Crippen LogP contribution in [0.2, 0.25) is 0 Å². The van der Waals surface area contributed by atoms with Crippen LogP contribution in [0, 0.1) is 13.8 Å². The molecule has 2 rings (SSSR count). The zero-order valence-electron chi connectivity index (χ0n) is 15.4. The van der Waals surface area contributed by atoms with Gasteiger partial charge in [0.05, 0.1) is 7.11 Å². The maximum atomic E-state index is 5.17. The van der Waals surface area contributed by atoms with E-state index in [1.54, 1.807) is 14.2 Å². The van der Waals surface area contributed by atoms with Gasteiger partial charge in [0, 0.05) is 20.1 Å². The van der Waals surface area contributed by atoms with Gasteiger partial charge in [-0.05, 0) is 49.1 Å². The van der Waals surface area contributed by atoms with Crippen molar-refractivity contribution in [2.45, 2.75) is 26.8 Å².